The molecule has 42 heavy (non-hydrogen) atoms. The minimum atomic E-state index is -0.794. The molecule has 0 aromatic heterocycles. The molecule has 206 valence electrons. The van der Waals surface area contributed by atoms with Crippen LogP contribution in [0.3, 0.4) is 0 Å². The van der Waals surface area contributed by atoms with Gasteiger partial charge < -0.3 is 18.9 Å². The van der Waals surface area contributed by atoms with E-state index in [4.69, 9.17) is 25.5 Å². The summed E-state index contributed by atoms with van der Waals surface area (Å²) < 4.78 is 22.8. The minimum Gasteiger partial charge on any atom is -0.462 e. The van der Waals surface area contributed by atoms with Crippen LogP contribution in [0.1, 0.15) is 11.1 Å². The van der Waals surface area contributed by atoms with Gasteiger partial charge in [0.15, 0.2) is 12.2 Å². The molecule has 2 fully saturated rings. The van der Waals surface area contributed by atoms with Crippen LogP contribution in [0.5, 0.6) is 0 Å². The second-order valence-electron chi connectivity index (χ2n) is 10.0. The summed E-state index contributed by atoms with van der Waals surface area (Å²) in [6, 6.07) is 28.8. The monoisotopic (exact) mass is 556 g/mol. The van der Waals surface area contributed by atoms with Gasteiger partial charge in [0.25, 0.3) is 5.70 Å². The van der Waals surface area contributed by atoms with Gasteiger partial charge in [-0.1, -0.05) is 72.8 Å². The molecule has 4 aromatic carbocycles. The number of ether oxygens (including phenoxy) is 4. The average Bonchev–Trinajstić information content (AvgIpc) is 3.61. The van der Waals surface area contributed by atoms with Gasteiger partial charge in [0.1, 0.15) is 23.9 Å². The number of carbonyl (C=O) groups excluding carboxylic acids is 2. The van der Waals surface area contributed by atoms with E-state index in [0.717, 1.165) is 21.5 Å². The molecule has 0 aliphatic carbocycles. The third-order valence-electron chi connectivity index (χ3n) is 7.31. The highest BCUT2D eigenvalue weighted by atomic mass is 16.7. The lowest BCUT2D eigenvalue weighted by atomic mass is 10.1. The first kappa shape index (κ1) is 26.9. The number of rotatable bonds is 6. The SMILES string of the molecule is [C-]#[N+]/C(=C\c1ccc2ccccc2c1)C(=O)O[C@@H]1CO[C@H]2[C@@H]1OC[C@@H]2OC(=O)/C(C#N)=C/c1ccc2ccccc2c1. The first-order valence-electron chi connectivity index (χ1n) is 13.4. The second-order valence-corrected chi connectivity index (χ2v) is 10.0. The Morgan fingerprint density at radius 2 is 1.26 bits per heavy atom. The standard InChI is InChI=1S/C34H24N2O6/c1-36-28(17-22-11-13-24-7-3-5-9-26(24)15-22)34(38)42-30-20-40-31-29(19-39-32(30)31)41-33(37)27(18-35)16-21-10-12-23-6-2-4-8-25(23)14-21/h2-17,29-32H,19-20H2/b27-16+,28-17-/t29-,30+,31+,32+/m0/s1. The number of hydrogen-bond acceptors (Lipinski definition) is 7. The van der Waals surface area contributed by atoms with Crippen molar-refractivity contribution < 1.29 is 28.5 Å². The molecule has 0 spiro atoms. The molecule has 2 aliphatic heterocycles. The summed E-state index contributed by atoms with van der Waals surface area (Å²) in [4.78, 5) is 29.1. The molecule has 2 saturated heterocycles. The first-order valence-corrected chi connectivity index (χ1v) is 13.4. The molecule has 0 bridgehead atoms. The quantitative estimate of drug-likeness (QED) is 0.134. The largest absolute Gasteiger partial charge is 0.462 e. The van der Waals surface area contributed by atoms with Gasteiger partial charge in [-0.05, 0) is 57.0 Å². The van der Waals surface area contributed by atoms with Crippen LogP contribution in [-0.2, 0) is 28.5 Å². The number of benzene rings is 4. The topological polar surface area (TPSA) is 99.2 Å². The van der Waals surface area contributed by atoms with Gasteiger partial charge in [0, 0.05) is 0 Å². The molecule has 2 heterocycles. The zero-order chi connectivity index (χ0) is 29.1. The van der Waals surface area contributed by atoms with E-state index in [2.05, 4.69) is 4.85 Å². The summed E-state index contributed by atoms with van der Waals surface area (Å²) in [6.45, 7) is 7.56. The van der Waals surface area contributed by atoms with E-state index in [-0.39, 0.29) is 24.5 Å². The maximum atomic E-state index is 12.9. The van der Waals surface area contributed by atoms with Crippen LogP contribution >= 0.6 is 0 Å². The van der Waals surface area contributed by atoms with Crippen molar-refractivity contribution in [2.45, 2.75) is 24.4 Å². The lowest BCUT2D eigenvalue weighted by Crippen LogP contribution is -2.36. The first-order chi connectivity index (χ1) is 20.5. The van der Waals surface area contributed by atoms with Gasteiger partial charge in [-0.25, -0.2) is 9.64 Å². The van der Waals surface area contributed by atoms with Crippen LogP contribution in [0.15, 0.2) is 96.2 Å². The van der Waals surface area contributed by atoms with Crippen molar-refractivity contribution in [1.29, 1.82) is 5.26 Å². The van der Waals surface area contributed by atoms with Crippen LogP contribution < -0.4 is 0 Å². The van der Waals surface area contributed by atoms with Crippen LogP contribution in [0, 0.1) is 17.9 Å². The molecular formula is C34H24N2O6. The van der Waals surface area contributed by atoms with Crippen molar-refractivity contribution >= 4 is 45.6 Å². The fourth-order valence-electron chi connectivity index (χ4n) is 5.22. The van der Waals surface area contributed by atoms with Crippen molar-refractivity contribution in [3.63, 3.8) is 0 Å². The van der Waals surface area contributed by atoms with Crippen LogP contribution in [0.25, 0.3) is 38.5 Å². The molecule has 8 heteroatoms. The summed E-state index contributed by atoms with van der Waals surface area (Å²) in [7, 11) is 0. The van der Waals surface area contributed by atoms with Crippen LogP contribution in [0.4, 0.5) is 0 Å². The van der Waals surface area contributed by atoms with Gasteiger partial charge in [-0.15, -0.1) is 0 Å². The van der Waals surface area contributed by atoms with Crippen LogP contribution in [0.2, 0.25) is 0 Å². The highest BCUT2D eigenvalue weighted by Crippen LogP contribution is 2.32. The summed E-state index contributed by atoms with van der Waals surface area (Å²) in [5, 5.41) is 13.7. The van der Waals surface area contributed by atoms with Crippen LogP contribution in [-0.4, -0.2) is 49.6 Å². The highest BCUT2D eigenvalue weighted by molar-refractivity contribution is 5.99. The maximum Gasteiger partial charge on any atom is 0.349 e. The molecule has 0 saturated carbocycles. The maximum absolute atomic E-state index is 12.9. The van der Waals surface area contributed by atoms with Gasteiger partial charge in [-0.2, -0.15) is 5.26 Å². The lowest BCUT2D eigenvalue weighted by Gasteiger charge is -2.17. The number of carbonyl (C=O) groups is 2. The predicted molar refractivity (Wildman–Crippen MR) is 155 cm³/mol. The Bertz CT molecular complexity index is 1710. The van der Waals surface area contributed by atoms with E-state index in [1.54, 1.807) is 0 Å². The smallest absolute Gasteiger partial charge is 0.349 e. The third-order valence-corrected chi connectivity index (χ3v) is 7.31. The van der Waals surface area contributed by atoms with Crippen molar-refractivity contribution in [3.05, 3.63) is 119 Å². The molecule has 8 nitrogen and oxygen atoms in total. The molecule has 4 aromatic rings. The van der Waals surface area contributed by atoms with E-state index in [1.807, 2.05) is 91.0 Å². The molecular weight excluding hydrogens is 532 g/mol. The van der Waals surface area contributed by atoms with Gasteiger partial charge >= 0.3 is 11.9 Å². The Labute approximate surface area is 241 Å². The van der Waals surface area contributed by atoms with E-state index in [0.29, 0.717) is 11.1 Å². The predicted octanol–water partition coefficient (Wildman–Crippen LogP) is 5.48. The molecule has 0 radical (unpaired) electrons. The Morgan fingerprint density at radius 1 is 0.762 bits per heavy atom. The second kappa shape index (κ2) is 11.7. The average molecular weight is 557 g/mol. The zero-order valence-corrected chi connectivity index (χ0v) is 22.3. The Hall–Kier alpha value is -5.28. The Balaban J connectivity index is 1.10. The van der Waals surface area contributed by atoms with Gasteiger partial charge in [0.05, 0.1) is 19.8 Å². The van der Waals surface area contributed by atoms with E-state index in [1.165, 1.54) is 12.2 Å². The number of nitriles is 1. The van der Waals surface area contributed by atoms with E-state index >= 15 is 0 Å². The van der Waals surface area contributed by atoms with Gasteiger partial charge in [-0.3, -0.25) is 4.79 Å². The molecule has 0 N–H and O–H groups in total. The Kier molecular flexibility index (Phi) is 7.49. The van der Waals surface area contributed by atoms with Crippen molar-refractivity contribution in [2.75, 3.05) is 13.2 Å². The normalized spacial score (nSPS) is 21.9. The molecule has 0 unspecified atom stereocenters. The van der Waals surface area contributed by atoms with Crippen molar-refractivity contribution in [3.8, 4) is 6.07 Å². The molecule has 0 amide bonds. The summed E-state index contributed by atoms with van der Waals surface area (Å²) in [5.74, 6) is -1.58. The van der Waals surface area contributed by atoms with E-state index < -0.39 is 36.4 Å². The number of fused-ring (bicyclic) bond motifs is 3. The van der Waals surface area contributed by atoms with Crippen molar-refractivity contribution in [2.24, 2.45) is 0 Å². The van der Waals surface area contributed by atoms with Gasteiger partial charge in [0.2, 0.25) is 0 Å². The fraction of sp³-hybridized carbons (Fsp3) is 0.176. The summed E-state index contributed by atoms with van der Waals surface area (Å²) in [6.07, 6.45) is 0.0586. The van der Waals surface area contributed by atoms with E-state index in [9.17, 15) is 14.9 Å². The van der Waals surface area contributed by atoms with Crippen molar-refractivity contribution in [1.82, 2.24) is 0 Å². The number of hydrogen-bond donors (Lipinski definition) is 0. The molecule has 4 atom stereocenters. The zero-order valence-electron chi connectivity index (χ0n) is 22.3. The minimum absolute atomic E-state index is 0.0203. The highest BCUT2D eigenvalue weighted by Gasteiger charge is 2.51. The summed E-state index contributed by atoms with van der Waals surface area (Å²) >= 11 is 0. The Morgan fingerprint density at radius 3 is 1.79 bits per heavy atom. The number of nitrogens with zero attached hydrogens (tertiary/aromatic N) is 2. The third kappa shape index (κ3) is 5.50. The lowest BCUT2D eigenvalue weighted by molar-refractivity contribution is -0.150. The molecule has 2 aliphatic rings. The fourth-order valence-corrected chi connectivity index (χ4v) is 5.22. The summed E-state index contributed by atoms with van der Waals surface area (Å²) in [5.41, 5.74) is 1.06. The molecule has 6 rings (SSSR count). The number of esters is 2.